The lowest BCUT2D eigenvalue weighted by Gasteiger charge is -2.32. The van der Waals surface area contributed by atoms with E-state index < -0.39 is 5.82 Å². The Morgan fingerprint density at radius 1 is 0.879 bits per heavy atom. The van der Waals surface area contributed by atoms with Crippen molar-refractivity contribution in [3.8, 4) is 22.5 Å². The molecule has 0 spiro atoms. The van der Waals surface area contributed by atoms with Gasteiger partial charge >= 0.3 is 0 Å². The molecule has 6 nitrogen and oxygen atoms in total. The Hall–Kier alpha value is -4.00. The van der Waals surface area contributed by atoms with E-state index in [0.29, 0.717) is 18.9 Å². The Morgan fingerprint density at radius 2 is 1.52 bits per heavy atom. The van der Waals surface area contributed by atoms with Gasteiger partial charge in [-0.3, -0.25) is 14.8 Å². The number of carbonyl (C=O) groups is 1. The molecule has 0 radical (unpaired) electrons. The molecule has 0 bridgehead atoms. The van der Waals surface area contributed by atoms with Crippen LogP contribution in [0.1, 0.15) is 34.8 Å². The highest BCUT2D eigenvalue weighted by Crippen LogP contribution is 2.35. The molecule has 0 aliphatic carbocycles. The Morgan fingerprint density at radius 3 is 2.18 bits per heavy atom. The van der Waals surface area contributed by atoms with Gasteiger partial charge in [-0.2, -0.15) is 0 Å². The number of rotatable bonds is 4. The third kappa shape index (κ3) is 4.35. The maximum Gasteiger partial charge on any atom is 0.256 e. The smallest absolute Gasteiger partial charge is 0.256 e. The Labute approximate surface area is 191 Å². The van der Waals surface area contributed by atoms with Gasteiger partial charge in [0.2, 0.25) is 0 Å². The summed E-state index contributed by atoms with van der Waals surface area (Å²) >= 11 is 0. The molecule has 33 heavy (non-hydrogen) atoms. The molecule has 4 aromatic rings. The Bertz CT molecular complexity index is 1260. The SMILES string of the molecule is O=C(c1ccccc1F)N1CCC(c2nc(-c3ccncc3)ncc2-c2ccncc2)CC1. The monoisotopic (exact) mass is 439 g/mol. The number of benzene rings is 1. The van der Waals surface area contributed by atoms with Crippen LogP contribution in [0.15, 0.2) is 79.5 Å². The van der Waals surface area contributed by atoms with Crippen LogP contribution in [-0.2, 0) is 0 Å². The average molecular weight is 439 g/mol. The number of hydrogen-bond donors (Lipinski definition) is 0. The Balaban J connectivity index is 1.43. The lowest BCUT2D eigenvalue weighted by Crippen LogP contribution is -2.38. The first kappa shape index (κ1) is 20.9. The van der Waals surface area contributed by atoms with Crippen molar-refractivity contribution in [2.45, 2.75) is 18.8 Å². The average Bonchev–Trinajstić information content (AvgIpc) is 2.89. The molecule has 1 fully saturated rings. The van der Waals surface area contributed by atoms with Crippen molar-refractivity contribution < 1.29 is 9.18 Å². The fourth-order valence-corrected chi connectivity index (χ4v) is 4.26. The summed E-state index contributed by atoms with van der Waals surface area (Å²) in [4.78, 5) is 32.3. The summed E-state index contributed by atoms with van der Waals surface area (Å²) in [7, 11) is 0. The van der Waals surface area contributed by atoms with Crippen LogP contribution in [0.5, 0.6) is 0 Å². The van der Waals surface area contributed by atoms with Crippen LogP contribution >= 0.6 is 0 Å². The zero-order valence-electron chi connectivity index (χ0n) is 17.9. The van der Waals surface area contributed by atoms with Crippen molar-refractivity contribution in [3.63, 3.8) is 0 Å². The number of aromatic nitrogens is 4. The van der Waals surface area contributed by atoms with Gasteiger partial charge in [0.05, 0.1) is 11.3 Å². The third-order valence-corrected chi connectivity index (χ3v) is 6.02. The third-order valence-electron chi connectivity index (χ3n) is 6.02. The summed E-state index contributed by atoms with van der Waals surface area (Å²) in [5.74, 6) is 0.0555. The lowest BCUT2D eigenvalue weighted by atomic mass is 9.88. The summed E-state index contributed by atoms with van der Waals surface area (Å²) in [5.41, 5.74) is 3.95. The van der Waals surface area contributed by atoms with E-state index in [1.807, 2.05) is 30.5 Å². The van der Waals surface area contributed by atoms with Crippen LogP contribution in [0.4, 0.5) is 4.39 Å². The summed E-state index contributed by atoms with van der Waals surface area (Å²) in [6, 6.07) is 13.8. The predicted molar refractivity (Wildman–Crippen MR) is 123 cm³/mol. The molecule has 7 heteroatoms. The zero-order chi connectivity index (χ0) is 22.6. The summed E-state index contributed by atoms with van der Waals surface area (Å²) in [6.07, 6.45) is 10.3. The molecule has 1 saturated heterocycles. The predicted octanol–water partition coefficient (Wildman–Crippen LogP) is 4.76. The van der Waals surface area contributed by atoms with Gasteiger partial charge in [-0.15, -0.1) is 0 Å². The van der Waals surface area contributed by atoms with Crippen LogP contribution in [0.25, 0.3) is 22.5 Å². The van der Waals surface area contributed by atoms with Gasteiger partial charge in [0.1, 0.15) is 5.82 Å². The number of pyridine rings is 2. The molecular weight excluding hydrogens is 417 g/mol. The summed E-state index contributed by atoms with van der Waals surface area (Å²) in [6.45, 7) is 1.09. The molecule has 4 heterocycles. The number of amides is 1. The van der Waals surface area contributed by atoms with Gasteiger partial charge in [0.25, 0.3) is 5.91 Å². The molecule has 1 aliphatic heterocycles. The Kier molecular flexibility index (Phi) is 5.85. The molecule has 0 saturated carbocycles. The molecule has 164 valence electrons. The van der Waals surface area contributed by atoms with E-state index in [-0.39, 0.29) is 17.4 Å². The molecule has 5 rings (SSSR count). The van der Waals surface area contributed by atoms with Crippen molar-refractivity contribution in [1.29, 1.82) is 0 Å². The van der Waals surface area contributed by atoms with Gasteiger partial charge in [-0.05, 0) is 54.8 Å². The van der Waals surface area contributed by atoms with Crippen molar-refractivity contribution in [2.75, 3.05) is 13.1 Å². The van der Waals surface area contributed by atoms with Gasteiger partial charge in [0.15, 0.2) is 5.82 Å². The molecule has 0 N–H and O–H groups in total. The zero-order valence-corrected chi connectivity index (χ0v) is 17.9. The van der Waals surface area contributed by atoms with Crippen LogP contribution in [0.3, 0.4) is 0 Å². The minimum atomic E-state index is -0.484. The van der Waals surface area contributed by atoms with E-state index in [9.17, 15) is 9.18 Å². The fourth-order valence-electron chi connectivity index (χ4n) is 4.26. The topological polar surface area (TPSA) is 71.9 Å². The van der Waals surface area contributed by atoms with E-state index >= 15 is 0 Å². The first-order chi connectivity index (χ1) is 16.2. The van der Waals surface area contributed by atoms with E-state index in [0.717, 1.165) is 35.2 Å². The fraction of sp³-hybridized carbons (Fsp3) is 0.192. The lowest BCUT2D eigenvalue weighted by molar-refractivity contribution is 0.0707. The van der Waals surface area contributed by atoms with E-state index in [2.05, 4.69) is 15.0 Å². The highest BCUT2D eigenvalue weighted by molar-refractivity contribution is 5.94. The van der Waals surface area contributed by atoms with Gasteiger partial charge in [-0.25, -0.2) is 14.4 Å². The summed E-state index contributed by atoms with van der Waals surface area (Å²) in [5, 5.41) is 0. The van der Waals surface area contributed by atoms with Crippen LogP contribution < -0.4 is 0 Å². The molecule has 3 aromatic heterocycles. The van der Waals surface area contributed by atoms with Gasteiger partial charge < -0.3 is 4.90 Å². The molecule has 0 unspecified atom stereocenters. The van der Waals surface area contributed by atoms with Crippen molar-refractivity contribution >= 4 is 5.91 Å². The number of halogens is 1. The number of nitrogens with zero attached hydrogens (tertiary/aromatic N) is 5. The van der Waals surface area contributed by atoms with Crippen molar-refractivity contribution in [2.24, 2.45) is 0 Å². The molecular formula is C26H22FN5O. The second kappa shape index (κ2) is 9.24. The van der Waals surface area contributed by atoms with E-state index in [1.54, 1.807) is 41.8 Å². The van der Waals surface area contributed by atoms with E-state index in [4.69, 9.17) is 4.98 Å². The quantitative estimate of drug-likeness (QED) is 0.459. The van der Waals surface area contributed by atoms with Crippen LogP contribution in [0, 0.1) is 5.82 Å². The second-order valence-corrected chi connectivity index (χ2v) is 8.01. The van der Waals surface area contributed by atoms with Gasteiger partial charge in [0, 0.05) is 61.1 Å². The minimum absolute atomic E-state index is 0.121. The first-order valence-electron chi connectivity index (χ1n) is 10.9. The number of likely N-dealkylation sites (tertiary alicyclic amines) is 1. The van der Waals surface area contributed by atoms with Crippen molar-refractivity contribution in [3.05, 3.63) is 96.6 Å². The first-order valence-corrected chi connectivity index (χ1v) is 10.9. The molecule has 1 aliphatic rings. The standard InChI is InChI=1S/C26H22FN5O/c27-23-4-2-1-3-21(23)26(33)32-15-9-19(10-16-32)24-22(18-5-11-28-12-6-18)17-30-25(31-24)20-7-13-29-14-8-20/h1-8,11-14,17,19H,9-10,15-16H2. The summed E-state index contributed by atoms with van der Waals surface area (Å²) < 4.78 is 14.1. The largest absolute Gasteiger partial charge is 0.339 e. The molecule has 0 atom stereocenters. The normalized spacial score (nSPS) is 14.3. The van der Waals surface area contributed by atoms with E-state index in [1.165, 1.54) is 12.1 Å². The maximum absolute atomic E-state index is 14.1. The number of carbonyl (C=O) groups excluding carboxylic acids is 1. The maximum atomic E-state index is 14.1. The minimum Gasteiger partial charge on any atom is -0.339 e. The van der Waals surface area contributed by atoms with Crippen LogP contribution in [-0.4, -0.2) is 43.8 Å². The number of piperidine rings is 1. The number of hydrogen-bond acceptors (Lipinski definition) is 5. The highest BCUT2D eigenvalue weighted by atomic mass is 19.1. The highest BCUT2D eigenvalue weighted by Gasteiger charge is 2.28. The van der Waals surface area contributed by atoms with Gasteiger partial charge in [-0.1, -0.05) is 12.1 Å². The second-order valence-electron chi connectivity index (χ2n) is 8.01. The van der Waals surface area contributed by atoms with Crippen molar-refractivity contribution in [1.82, 2.24) is 24.8 Å². The van der Waals surface area contributed by atoms with Crippen LogP contribution in [0.2, 0.25) is 0 Å². The molecule has 1 amide bonds. The molecule has 1 aromatic carbocycles.